The van der Waals surface area contributed by atoms with Crippen LogP contribution in [-0.2, 0) is 4.79 Å². The number of nitrogens with two attached hydrogens (primary N) is 1. The van der Waals surface area contributed by atoms with Gasteiger partial charge in [0.05, 0.1) is 0 Å². The van der Waals surface area contributed by atoms with Gasteiger partial charge in [-0.05, 0) is 17.8 Å². The van der Waals surface area contributed by atoms with Crippen molar-refractivity contribution < 1.29 is 4.79 Å². The van der Waals surface area contributed by atoms with Crippen LogP contribution in [0.3, 0.4) is 0 Å². The van der Waals surface area contributed by atoms with E-state index in [0.717, 1.165) is 6.42 Å². The molecule has 0 saturated carbocycles. The maximum atomic E-state index is 11.6. The molecular formula is C10H21N3O. The summed E-state index contributed by atoms with van der Waals surface area (Å²) in [7, 11) is 0. The molecule has 0 aliphatic heterocycles. The van der Waals surface area contributed by atoms with Crippen LogP contribution in [0.4, 0.5) is 0 Å². The molecule has 0 aromatic heterocycles. The number of hydrogen-bond acceptors (Lipinski definition) is 2. The Balaban J connectivity index is 4.64. The molecule has 4 nitrogen and oxygen atoms in total. The smallest absolute Gasteiger partial charge is 0.270 e. The standard InChI is InChI=1S/C10H21N3O/c1-7(2)6-8(10(3,4)5)9(14)12-13-11/h7-8H,6H2,1-5H3,(H2,11,12,14). The van der Waals surface area contributed by atoms with E-state index >= 15 is 0 Å². The Hall–Kier alpha value is -0.930. The molecule has 4 heteroatoms. The van der Waals surface area contributed by atoms with E-state index in [0.29, 0.717) is 5.92 Å². The van der Waals surface area contributed by atoms with Crippen molar-refractivity contribution in [2.24, 2.45) is 33.4 Å². The van der Waals surface area contributed by atoms with Crippen LogP contribution in [0.2, 0.25) is 0 Å². The summed E-state index contributed by atoms with van der Waals surface area (Å²) in [5.41, 5.74) is -0.0878. The number of carbonyl (C=O) groups is 1. The molecule has 0 spiro atoms. The Morgan fingerprint density at radius 3 is 2.14 bits per heavy atom. The topological polar surface area (TPSA) is 67.8 Å². The Morgan fingerprint density at radius 2 is 1.86 bits per heavy atom. The number of rotatable bonds is 3. The molecular weight excluding hydrogens is 178 g/mol. The predicted octanol–water partition coefficient (Wildman–Crippen LogP) is 2.55. The summed E-state index contributed by atoms with van der Waals surface area (Å²) in [6, 6.07) is 0. The first-order valence-corrected chi connectivity index (χ1v) is 4.93. The van der Waals surface area contributed by atoms with Crippen molar-refractivity contribution in [2.45, 2.75) is 41.0 Å². The van der Waals surface area contributed by atoms with Crippen LogP contribution in [0.1, 0.15) is 41.0 Å². The second kappa shape index (κ2) is 5.08. The van der Waals surface area contributed by atoms with Crippen LogP contribution in [0.25, 0.3) is 0 Å². The summed E-state index contributed by atoms with van der Waals surface area (Å²) >= 11 is 0. The SMILES string of the molecule is CC(C)CC(C(=O)N=NN)C(C)(C)C. The van der Waals surface area contributed by atoms with E-state index in [1.54, 1.807) is 0 Å². The molecule has 82 valence electrons. The van der Waals surface area contributed by atoms with Crippen molar-refractivity contribution in [1.82, 2.24) is 0 Å². The summed E-state index contributed by atoms with van der Waals surface area (Å²) in [6.45, 7) is 10.3. The average molecular weight is 199 g/mol. The monoisotopic (exact) mass is 199 g/mol. The molecule has 2 N–H and O–H groups in total. The van der Waals surface area contributed by atoms with Crippen LogP contribution >= 0.6 is 0 Å². The van der Waals surface area contributed by atoms with Gasteiger partial charge in [0, 0.05) is 5.92 Å². The Morgan fingerprint density at radius 1 is 1.36 bits per heavy atom. The zero-order chi connectivity index (χ0) is 11.4. The lowest BCUT2D eigenvalue weighted by atomic mass is 9.76. The van der Waals surface area contributed by atoms with E-state index < -0.39 is 0 Å². The summed E-state index contributed by atoms with van der Waals surface area (Å²) < 4.78 is 0. The Kier molecular flexibility index (Phi) is 4.74. The minimum Gasteiger partial charge on any atom is -0.304 e. The third-order valence-corrected chi connectivity index (χ3v) is 2.21. The van der Waals surface area contributed by atoms with E-state index in [1.807, 2.05) is 20.8 Å². The van der Waals surface area contributed by atoms with Crippen molar-refractivity contribution in [3.8, 4) is 0 Å². The van der Waals surface area contributed by atoms with Crippen LogP contribution in [-0.4, -0.2) is 5.91 Å². The fraction of sp³-hybridized carbons (Fsp3) is 0.900. The summed E-state index contributed by atoms with van der Waals surface area (Å²) in [6.07, 6.45) is 0.821. The summed E-state index contributed by atoms with van der Waals surface area (Å²) in [5, 5.41) is 6.46. The minimum absolute atomic E-state index is 0.0878. The van der Waals surface area contributed by atoms with Crippen molar-refractivity contribution in [2.75, 3.05) is 0 Å². The predicted molar refractivity (Wildman–Crippen MR) is 56.5 cm³/mol. The highest BCUT2D eigenvalue weighted by Crippen LogP contribution is 2.32. The molecule has 1 atom stereocenters. The van der Waals surface area contributed by atoms with Crippen molar-refractivity contribution >= 4 is 5.91 Å². The fourth-order valence-corrected chi connectivity index (χ4v) is 1.42. The van der Waals surface area contributed by atoms with E-state index in [-0.39, 0.29) is 17.2 Å². The molecule has 0 aromatic rings. The molecule has 0 fully saturated rings. The molecule has 0 aromatic carbocycles. The van der Waals surface area contributed by atoms with Crippen LogP contribution in [0.5, 0.6) is 0 Å². The molecule has 0 saturated heterocycles. The lowest BCUT2D eigenvalue weighted by Gasteiger charge is -2.28. The first-order valence-electron chi connectivity index (χ1n) is 4.93. The third kappa shape index (κ3) is 4.35. The largest absolute Gasteiger partial charge is 0.304 e. The third-order valence-electron chi connectivity index (χ3n) is 2.21. The van der Waals surface area contributed by atoms with Crippen molar-refractivity contribution in [3.05, 3.63) is 0 Å². The first kappa shape index (κ1) is 13.1. The molecule has 1 amide bonds. The van der Waals surface area contributed by atoms with Gasteiger partial charge in [-0.1, -0.05) is 45.0 Å². The Labute approximate surface area is 85.9 Å². The van der Waals surface area contributed by atoms with Gasteiger partial charge in [-0.25, -0.2) is 0 Å². The lowest BCUT2D eigenvalue weighted by Crippen LogP contribution is -2.28. The van der Waals surface area contributed by atoms with Gasteiger partial charge in [-0.2, -0.15) is 0 Å². The maximum Gasteiger partial charge on any atom is 0.270 e. The summed E-state index contributed by atoms with van der Waals surface area (Å²) in [4.78, 5) is 11.6. The zero-order valence-electron chi connectivity index (χ0n) is 9.74. The van der Waals surface area contributed by atoms with Gasteiger partial charge in [-0.15, -0.1) is 0 Å². The van der Waals surface area contributed by atoms with Crippen LogP contribution in [0, 0.1) is 17.3 Å². The second-order valence-corrected chi connectivity index (χ2v) is 5.10. The van der Waals surface area contributed by atoms with Gasteiger partial charge in [-0.3, -0.25) is 4.79 Å². The number of carbonyl (C=O) groups excluding carboxylic acids is 1. The van der Waals surface area contributed by atoms with Crippen molar-refractivity contribution in [1.29, 1.82) is 0 Å². The van der Waals surface area contributed by atoms with Crippen LogP contribution < -0.4 is 5.84 Å². The normalized spacial score (nSPS) is 15.0. The zero-order valence-corrected chi connectivity index (χ0v) is 9.74. The molecule has 0 radical (unpaired) electrons. The summed E-state index contributed by atoms with van der Waals surface area (Å²) in [5.74, 6) is 5.03. The Bertz CT molecular complexity index is 216. The maximum absolute atomic E-state index is 11.6. The van der Waals surface area contributed by atoms with Crippen molar-refractivity contribution in [3.63, 3.8) is 0 Å². The molecule has 0 aliphatic rings. The lowest BCUT2D eigenvalue weighted by molar-refractivity contribution is -0.126. The van der Waals surface area contributed by atoms with E-state index in [4.69, 9.17) is 5.84 Å². The number of nitrogens with zero attached hydrogens (tertiary/aromatic N) is 2. The van der Waals surface area contributed by atoms with Gasteiger partial charge in [0.1, 0.15) is 0 Å². The number of amides is 1. The molecule has 0 rings (SSSR count). The highest BCUT2D eigenvalue weighted by atomic mass is 16.2. The van der Waals surface area contributed by atoms with Gasteiger partial charge >= 0.3 is 0 Å². The van der Waals surface area contributed by atoms with E-state index in [2.05, 4.69) is 24.2 Å². The van der Waals surface area contributed by atoms with Gasteiger partial charge in [0.25, 0.3) is 5.91 Å². The molecule has 0 heterocycles. The second-order valence-electron chi connectivity index (χ2n) is 5.10. The molecule has 1 unspecified atom stereocenters. The highest BCUT2D eigenvalue weighted by molar-refractivity contribution is 5.79. The number of hydrogen-bond donors (Lipinski definition) is 1. The van der Waals surface area contributed by atoms with Gasteiger partial charge in [0.2, 0.25) is 0 Å². The average Bonchev–Trinajstić information content (AvgIpc) is 1.98. The molecule has 14 heavy (non-hydrogen) atoms. The van der Waals surface area contributed by atoms with E-state index in [9.17, 15) is 4.79 Å². The molecule has 0 bridgehead atoms. The quantitative estimate of drug-likeness (QED) is 0.431. The highest BCUT2D eigenvalue weighted by Gasteiger charge is 2.31. The van der Waals surface area contributed by atoms with Gasteiger partial charge < -0.3 is 5.84 Å². The fourth-order valence-electron chi connectivity index (χ4n) is 1.42. The van der Waals surface area contributed by atoms with Gasteiger partial charge in [0.15, 0.2) is 0 Å². The minimum atomic E-state index is -0.214. The first-order chi connectivity index (χ1) is 6.29. The van der Waals surface area contributed by atoms with E-state index in [1.165, 1.54) is 0 Å². The van der Waals surface area contributed by atoms with Crippen LogP contribution in [0.15, 0.2) is 10.3 Å². The molecule has 0 aliphatic carbocycles.